The first-order chi connectivity index (χ1) is 11.2. The molecule has 1 N–H and O–H groups in total. The van der Waals surface area contributed by atoms with Crippen LogP contribution in [-0.4, -0.2) is 55.3 Å². The SMILES string of the molecule is COCCOC1CCN(C(=O)c2ccc3[nH]c(=S)oc3c2)CC1. The molecule has 1 aliphatic rings. The highest BCUT2D eigenvalue weighted by atomic mass is 32.1. The number of likely N-dealkylation sites (tertiary alicyclic amines) is 1. The van der Waals surface area contributed by atoms with Crippen molar-refractivity contribution in [3.05, 3.63) is 28.6 Å². The minimum absolute atomic E-state index is 0.0181. The number of nitrogens with zero attached hydrogens (tertiary/aromatic N) is 1. The lowest BCUT2D eigenvalue weighted by molar-refractivity contribution is -0.0122. The number of carbonyl (C=O) groups is 1. The monoisotopic (exact) mass is 336 g/mol. The molecule has 1 aromatic heterocycles. The fraction of sp³-hybridized carbons (Fsp3) is 0.500. The predicted octanol–water partition coefficient (Wildman–Crippen LogP) is 2.76. The van der Waals surface area contributed by atoms with Crippen molar-refractivity contribution in [2.75, 3.05) is 33.4 Å². The number of fused-ring (bicyclic) bond motifs is 1. The minimum Gasteiger partial charge on any atom is -0.429 e. The molecule has 1 aromatic carbocycles. The number of rotatable bonds is 5. The number of carbonyl (C=O) groups excluding carboxylic acids is 1. The molecule has 23 heavy (non-hydrogen) atoms. The van der Waals surface area contributed by atoms with Gasteiger partial charge >= 0.3 is 0 Å². The Hall–Kier alpha value is -1.70. The quantitative estimate of drug-likeness (QED) is 0.672. The maximum Gasteiger partial charge on any atom is 0.266 e. The topological polar surface area (TPSA) is 67.7 Å². The van der Waals surface area contributed by atoms with Crippen molar-refractivity contribution in [1.82, 2.24) is 9.88 Å². The summed E-state index contributed by atoms with van der Waals surface area (Å²) in [5.41, 5.74) is 2.03. The Morgan fingerprint density at radius 1 is 1.39 bits per heavy atom. The Morgan fingerprint density at radius 2 is 2.17 bits per heavy atom. The van der Waals surface area contributed by atoms with Crippen LogP contribution in [0.1, 0.15) is 23.2 Å². The van der Waals surface area contributed by atoms with Gasteiger partial charge in [-0.3, -0.25) is 4.79 Å². The van der Waals surface area contributed by atoms with E-state index < -0.39 is 0 Å². The maximum absolute atomic E-state index is 12.6. The van der Waals surface area contributed by atoms with Gasteiger partial charge in [-0.15, -0.1) is 0 Å². The highest BCUT2D eigenvalue weighted by Crippen LogP contribution is 2.20. The van der Waals surface area contributed by atoms with Crippen LogP contribution < -0.4 is 0 Å². The van der Waals surface area contributed by atoms with E-state index in [1.807, 2.05) is 11.0 Å². The molecule has 3 rings (SSSR count). The van der Waals surface area contributed by atoms with Crippen molar-refractivity contribution in [2.45, 2.75) is 18.9 Å². The normalized spacial score (nSPS) is 16.1. The number of aromatic amines is 1. The van der Waals surface area contributed by atoms with E-state index in [1.54, 1.807) is 19.2 Å². The van der Waals surface area contributed by atoms with Crippen LogP contribution in [0.3, 0.4) is 0 Å². The fourth-order valence-electron chi connectivity index (χ4n) is 2.78. The second kappa shape index (κ2) is 7.25. The number of ether oxygens (including phenoxy) is 2. The third-order valence-electron chi connectivity index (χ3n) is 4.04. The van der Waals surface area contributed by atoms with Crippen molar-refractivity contribution in [3.8, 4) is 0 Å². The van der Waals surface area contributed by atoms with Gasteiger partial charge in [0.15, 0.2) is 5.58 Å². The number of amides is 1. The molecule has 1 fully saturated rings. The van der Waals surface area contributed by atoms with Gasteiger partial charge in [0.1, 0.15) is 0 Å². The van der Waals surface area contributed by atoms with E-state index in [0.29, 0.717) is 42.3 Å². The van der Waals surface area contributed by atoms with Gasteiger partial charge in [0, 0.05) is 25.8 Å². The summed E-state index contributed by atoms with van der Waals surface area (Å²) in [5, 5.41) is 0. The standard InChI is InChI=1S/C16H20N2O4S/c1-20-8-9-21-12-4-6-18(7-5-12)15(19)11-2-3-13-14(10-11)22-16(23)17-13/h2-3,10,12H,4-9H2,1H3,(H,17,23). The Kier molecular flexibility index (Phi) is 5.09. The largest absolute Gasteiger partial charge is 0.429 e. The predicted molar refractivity (Wildman–Crippen MR) is 88.2 cm³/mol. The van der Waals surface area contributed by atoms with Gasteiger partial charge in [-0.25, -0.2) is 0 Å². The second-order valence-corrected chi connectivity index (χ2v) is 5.95. The lowest BCUT2D eigenvalue weighted by atomic mass is 10.1. The first-order valence-electron chi connectivity index (χ1n) is 7.70. The summed E-state index contributed by atoms with van der Waals surface area (Å²) in [6, 6.07) is 5.36. The van der Waals surface area contributed by atoms with Crippen LogP contribution in [0.2, 0.25) is 0 Å². The summed E-state index contributed by atoms with van der Waals surface area (Å²) < 4.78 is 16.1. The zero-order valence-electron chi connectivity index (χ0n) is 13.0. The van der Waals surface area contributed by atoms with Crippen molar-refractivity contribution in [2.24, 2.45) is 0 Å². The molecule has 0 atom stereocenters. The summed E-state index contributed by atoms with van der Waals surface area (Å²) >= 11 is 4.96. The van der Waals surface area contributed by atoms with E-state index in [0.717, 1.165) is 18.4 Å². The van der Waals surface area contributed by atoms with Gasteiger partial charge in [0.05, 0.1) is 24.8 Å². The van der Waals surface area contributed by atoms with E-state index >= 15 is 0 Å². The van der Waals surface area contributed by atoms with Crippen molar-refractivity contribution >= 4 is 29.2 Å². The smallest absolute Gasteiger partial charge is 0.266 e. The van der Waals surface area contributed by atoms with Crippen LogP contribution >= 0.6 is 12.2 Å². The molecular formula is C16H20N2O4S. The Morgan fingerprint density at radius 3 is 2.91 bits per heavy atom. The van der Waals surface area contributed by atoms with Crippen molar-refractivity contribution < 1.29 is 18.7 Å². The van der Waals surface area contributed by atoms with E-state index in [1.165, 1.54) is 0 Å². The average Bonchev–Trinajstić information content (AvgIpc) is 2.94. The molecule has 2 aromatic rings. The third kappa shape index (κ3) is 3.80. The van der Waals surface area contributed by atoms with Gasteiger partial charge in [0.2, 0.25) is 0 Å². The van der Waals surface area contributed by atoms with E-state index in [4.69, 9.17) is 26.1 Å². The van der Waals surface area contributed by atoms with Crippen molar-refractivity contribution in [3.63, 3.8) is 0 Å². The Balaban J connectivity index is 1.61. The number of piperidine rings is 1. The number of hydrogen-bond acceptors (Lipinski definition) is 5. The first-order valence-corrected chi connectivity index (χ1v) is 8.11. The van der Waals surface area contributed by atoms with Gasteiger partial charge in [-0.05, 0) is 43.3 Å². The summed E-state index contributed by atoms with van der Waals surface area (Å²) in [5.74, 6) is 0.0181. The number of hydrogen-bond donors (Lipinski definition) is 1. The van der Waals surface area contributed by atoms with Crippen LogP contribution in [0, 0.1) is 4.84 Å². The Labute approximate surface area is 139 Å². The van der Waals surface area contributed by atoms with E-state index in [-0.39, 0.29) is 12.0 Å². The fourth-order valence-corrected chi connectivity index (χ4v) is 2.98. The number of methoxy groups -OCH3 is 1. The van der Waals surface area contributed by atoms with Gasteiger partial charge < -0.3 is 23.8 Å². The van der Waals surface area contributed by atoms with Crippen LogP contribution in [0.5, 0.6) is 0 Å². The molecule has 124 valence electrons. The zero-order valence-corrected chi connectivity index (χ0v) is 13.9. The lowest BCUT2D eigenvalue weighted by Gasteiger charge is -2.32. The van der Waals surface area contributed by atoms with E-state index in [9.17, 15) is 4.79 Å². The summed E-state index contributed by atoms with van der Waals surface area (Å²) in [7, 11) is 1.66. The van der Waals surface area contributed by atoms with Crippen LogP contribution in [0.25, 0.3) is 11.1 Å². The molecule has 0 spiro atoms. The molecule has 2 heterocycles. The highest BCUT2D eigenvalue weighted by Gasteiger charge is 2.24. The van der Waals surface area contributed by atoms with E-state index in [2.05, 4.69) is 4.98 Å². The zero-order chi connectivity index (χ0) is 16.2. The molecule has 1 amide bonds. The third-order valence-corrected chi connectivity index (χ3v) is 4.22. The maximum atomic E-state index is 12.6. The molecule has 1 aliphatic heterocycles. The van der Waals surface area contributed by atoms with Gasteiger partial charge in [-0.2, -0.15) is 0 Å². The lowest BCUT2D eigenvalue weighted by Crippen LogP contribution is -2.41. The minimum atomic E-state index is 0.0181. The van der Waals surface area contributed by atoms with Gasteiger partial charge in [0.25, 0.3) is 10.7 Å². The molecular weight excluding hydrogens is 316 g/mol. The number of H-pyrrole nitrogens is 1. The molecule has 0 saturated carbocycles. The first kappa shape index (κ1) is 16.2. The number of nitrogens with one attached hydrogen (secondary N) is 1. The molecule has 0 aliphatic carbocycles. The summed E-state index contributed by atoms with van der Waals surface area (Å²) in [6.45, 7) is 2.60. The van der Waals surface area contributed by atoms with Crippen LogP contribution in [0.4, 0.5) is 0 Å². The number of oxazole rings is 1. The van der Waals surface area contributed by atoms with Crippen LogP contribution in [-0.2, 0) is 9.47 Å². The summed E-state index contributed by atoms with van der Waals surface area (Å²) in [4.78, 5) is 17.7. The van der Waals surface area contributed by atoms with Gasteiger partial charge in [-0.1, -0.05) is 0 Å². The number of benzene rings is 1. The average molecular weight is 336 g/mol. The van der Waals surface area contributed by atoms with Crippen molar-refractivity contribution in [1.29, 1.82) is 0 Å². The second-order valence-electron chi connectivity index (χ2n) is 5.58. The molecule has 0 bridgehead atoms. The van der Waals surface area contributed by atoms with Crippen LogP contribution in [0.15, 0.2) is 22.6 Å². The highest BCUT2D eigenvalue weighted by molar-refractivity contribution is 7.71. The molecule has 1 saturated heterocycles. The summed E-state index contributed by atoms with van der Waals surface area (Å²) in [6.07, 6.45) is 1.91. The number of aromatic nitrogens is 1. The molecule has 0 radical (unpaired) electrons. The molecule has 0 unspecified atom stereocenters. The molecule has 6 nitrogen and oxygen atoms in total. The molecule has 7 heteroatoms. The Bertz CT molecular complexity index is 731.